The minimum Gasteiger partial charge on any atom is -0.497 e. The summed E-state index contributed by atoms with van der Waals surface area (Å²) < 4.78 is 34.6. The molecule has 2 fully saturated rings. The summed E-state index contributed by atoms with van der Waals surface area (Å²) in [4.78, 5) is 17.1. The lowest BCUT2D eigenvalue weighted by molar-refractivity contribution is -0.141. The summed E-state index contributed by atoms with van der Waals surface area (Å²) >= 11 is 4.22. The molecule has 0 bridgehead atoms. The van der Waals surface area contributed by atoms with E-state index in [2.05, 4.69) is 33.2 Å². The summed E-state index contributed by atoms with van der Waals surface area (Å²) in [5.41, 5.74) is 2.79. The summed E-state index contributed by atoms with van der Waals surface area (Å²) in [5, 5.41) is 0. The van der Waals surface area contributed by atoms with Gasteiger partial charge in [0, 0.05) is 25.9 Å². The van der Waals surface area contributed by atoms with Crippen molar-refractivity contribution in [1.29, 1.82) is 0 Å². The van der Waals surface area contributed by atoms with Crippen LogP contribution in [-0.4, -0.2) is 48.7 Å². The van der Waals surface area contributed by atoms with Crippen molar-refractivity contribution in [2.24, 2.45) is 0 Å². The molecule has 2 aliphatic rings. The first-order chi connectivity index (χ1) is 17.9. The first-order valence-electron chi connectivity index (χ1n) is 12.6. The predicted octanol–water partition coefficient (Wildman–Crippen LogP) is 4.88. The number of ketones is 1. The SMILES string of the molecule is C=C1C[C@H](C[C@@H]2CC(=O)C[C@H](c3coc(COCc4ccc(OC)cc4)n3)O2)O[C@@H](CCOB(P)S)C1. The summed E-state index contributed by atoms with van der Waals surface area (Å²) in [6.07, 6.45) is 4.56. The van der Waals surface area contributed by atoms with Crippen LogP contribution in [0.2, 0.25) is 0 Å². The standard InChI is InChI=1S/C26H35BNO7PS/c1-17-9-21(7-8-33-27(36)37)34-22(10-17)13-23-11-19(29)12-25(35-23)24-15-32-26(28-24)16-31-14-18-3-5-20(30-2)6-4-18/h3-6,15,21-23,25,37H,1,7-14,16,36H2,2H3/t21-,22+,23-,25+/m0/s1. The minimum atomic E-state index is -0.435. The summed E-state index contributed by atoms with van der Waals surface area (Å²) in [6, 6.07) is 7.68. The number of hydrogen-bond acceptors (Lipinski definition) is 9. The van der Waals surface area contributed by atoms with Crippen molar-refractivity contribution in [3.63, 3.8) is 0 Å². The second-order valence-corrected chi connectivity index (χ2v) is 11.2. The zero-order valence-electron chi connectivity index (χ0n) is 21.2. The van der Waals surface area contributed by atoms with Gasteiger partial charge in [-0.3, -0.25) is 4.79 Å². The molecule has 0 N–H and O–H groups in total. The minimum absolute atomic E-state index is 0.0372. The summed E-state index contributed by atoms with van der Waals surface area (Å²) in [6.45, 7) is 5.42. The van der Waals surface area contributed by atoms with Gasteiger partial charge in [0.25, 0.3) is 0 Å². The van der Waals surface area contributed by atoms with Crippen LogP contribution in [-0.2, 0) is 36.9 Å². The monoisotopic (exact) mass is 547 g/mol. The number of thiol groups is 1. The zero-order chi connectivity index (χ0) is 26.2. The number of ether oxygens (including phenoxy) is 4. The highest BCUT2D eigenvalue weighted by Crippen LogP contribution is 2.34. The average Bonchev–Trinajstić information content (AvgIpc) is 3.33. The van der Waals surface area contributed by atoms with Crippen molar-refractivity contribution in [3.05, 3.63) is 59.8 Å². The Morgan fingerprint density at radius 2 is 1.86 bits per heavy atom. The van der Waals surface area contributed by atoms with Gasteiger partial charge in [0.2, 0.25) is 5.89 Å². The number of hydrogen-bond donors (Lipinski definition) is 1. The van der Waals surface area contributed by atoms with E-state index >= 15 is 0 Å². The van der Waals surface area contributed by atoms with Gasteiger partial charge in [0.15, 0.2) is 0 Å². The van der Waals surface area contributed by atoms with E-state index < -0.39 is 6.10 Å². The molecule has 0 radical (unpaired) electrons. The van der Waals surface area contributed by atoms with Gasteiger partial charge in [-0.1, -0.05) is 24.3 Å². The van der Waals surface area contributed by atoms with Gasteiger partial charge in [-0.2, -0.15) is 12.5 Å². The van der Waals surface area contributed by atoms with Gasteiger partial charge in [-0.15, -0.1) is 9.12 Å². The topological polar surface area (TPSA) is 89.3 Å². The number of nitrogens with zero attached hydrogens (tertiary/aromatic N) is 1. The second kappa shape index (κ2) is 13.9. The van der Waals surface area contributed by atoms with E-state index in [0.29, 0.717) is 37.6 Å². The molecule has 37 heavy (non-hydrogen) atoms. The van der Waals surface area contributed by atoms with Crippen molar-refractivity contribution < 1.29 is 32.8 Å². The molecule has 11 heteroatoms. The highest BCUT2D eigenvalue weighted by Gasteiger charge is 2.34. The van der Waals surface area contributed by atoms with Crippen molar-refractivity contribution in [3.8, 4) is 5.75 Å². The van der Waals surface area contributed by atoms with Crippen LogP contribution in [0, 0.1) is 0 Å². The molecular formula is C26H35BNO7PS. The van der Waals surface area contributed by atoms with Gasteiger partial charge in [0.1, 0.15) is 36.2 Å². The van der Waals surface area contributed by atoms with Crippen molar-refractivity contribution in [2.45, 2.75) is 76.2 Å². The van der Waals surface area contributed by atoms with E-state index in [9.17, 15) is 4.79 Å². The van der Waals surface area contributed by atoms with Crippen molar-refractivity contribution in [1.82, 2.24) is 4.98 Å². The Labute approximate surface area is 226 Å². The number of carbonyl (C=O) groups is 1. The normalized spacial score (nSPS) is 24.3. The summed E-state index contributed by atoms with van der Waals surface area (Å²) in [5.74, 6) is 1.22. The van der Waals surface area contributed by atoms with Gasteiger partial charge in [0.05, 0.1) is 32.0 Å². The van der Waals surface area contributed by atoms with Crippen LogP contribution in [0.4, 0.5) is 0 Å². The van der Waals surface area contributed by atoms with Gasteiger partial charge in [-0.25, -0.2) is 4.98 Å². The fraction of sp³-hybridized carbons (Fsp3) is 0.538. The summed E-state index contributed by atoms with van der Waals surface area (Å²) in [7, 11) is 4.14. The third-order valence-electron chi connectivity index (χ3n) is 6.45. The molecule has 0 saturated carbocycles. The molecule has 2 aromatic rings. The molecule has 1 unspecified atom stereocenters. The number of benzene rings is 1. The molecule has 1 aromatic carbocycles. The van der Waals surface area contributed by atoms with E-state index in [1.807, 2.05) is 24.3 Å². The number of carbonyl (C=O) groups excluding carboxylic acids is 1. The van der Waals surface area contributed by atoms with Gasteiger partial charge in [-0.05, 0) is 37.0 Å². The van der Waals surface area contributed by atoms with Crippen LogP contribution in [0.25, 0.3) is 0 Å². The molecule has 4 rings (SSSR count). The van der Waals surface area contributed by atoms with Crippen LogP contribution in [0.3, 0.4) is 0 Å². The van der Waals surface area contributed by atoms with Gasteiger partial charge < -0.3 is 28.0 Å². The van der Waals surface area contributed by atoms with Crippen LogP contribution in [0.1, 0.15) is 61.8 Å². The highest BCUT2D eigenvalue weighted by molar-refractivity contribution is 8.23. The number of oxazole rings is 1. The number of aromatic nitrogens is 1. The lowest BCUT2D eigenvalue weighted by Gasteiger charge is -2.35. The van der Waals surface area contributed by atoms with E-state index in [-0.39, 0.29) is 43.0 Å². The molecule has 2 saturated heterocycles. The molecule has 8 nitrogen and oxygen atoms in total. The Kier molecular flexibility index (Phi) is 10.7. The Morgan fingerprint density at radius 1 is 1.11 bits per heavy atom. The molecule has 3 heterocycles. The maximum atomic E-state index is 12.6. The zero-order valence-corrected chi connectivity index (χ0v) is 23.2. The van der Waals surface area contributed by atoms with Crippen LogP contribution in [0.5, 0.6) is 5.75 Å². The predicted molar refractivity (Wildman–Crippen MR) is 147 cm³/mol. The largest absolute Gasteiger partial charge is 0.497 e. The molecular weight excluding hydrogens is 512 g/mol. The smallest absolute Gasteiger partial charge is 0.380 e. The molecule has 5 atom stereocenters. The van der Waals surface area contributed by atoms with Crippen molar-refractivity contribution >= 4 is 33.3 Å². The number of Topliss-reactive ketones (excluding diaryl/α,β-unsaturated/α-hetero) is 1. The van der Waals surface area contributed by atoms with Crippen molar-refractivity contribution in [2.75, 3.05) is 13.7 Å². The van der Waals surface area contributed by atoms with E-state index in [0.717, 1.165) is 36.1 Å². The lowest BCUT2D eigenvalue weighted by atomic mass is 9.91. The molecule has 2 aliphatic heterocycles. The van der Waals surface area contributed by atoms with Crippen LogP contribution < -0.4 is 4.74 Å². The lowest BCUT2D eigenvalue weighted by Crippen LogP contribution is -2.36. The maximum absolute atomic E-state index is 12.6. The third-order valence-corrected chi connectivity index (χ3v) is 6.79. The highest BCUT2D eigenvalue weighted by atomic mass is 32.1. The Hall–Kier alpha value is -1.68. The molecule has 0 amide bonds. The quantitative estimate of drug-likeness (QED) is 0.174. The Morgan fingerprint density at radius 3 is 2.62 bits per heavy atom. The fourth-order valence-electron chi connectivity index (χ4n) is 4.72. The second-order valence-electron chi connectivity index (χ2n) is 9.52. The third kappa shape index (κ3) is 8.94. The van der Waals surface area contributed by atoms with Gasteiger partial charge >= 0.3 is 5.91 Å². The van der Waals surface area contributed by atoms with E-state index in [4.69, 9.17) is 28.0 Å². The molecule has 0 aliphatic carbocycles. The molecule has 200 valence electrons. The number of methoxy groups -OCH3 is 1. The Bertz CT molecular complexity index is 1030. The first kappa shape index (κ1) is 28.3. The first-order valence-corrected chi connectivity index (χ1v) is 13.8. The van der Waals surface area contributed by atoms with E-state index in [1.165, 1.54) is 0 Å². The maximum Gasteiger partial charge on any atom is 0.380 e. The van der Waals surface area contributed by atoms with Crippen LogP contribution in [0.15, 0.2) is 47.1 Å². The van der Waals surface area contributed by atoms with Crippen LogP contribution >= 0.6 is 21.6 Å². The number of rotatable bonds is 12. The average molecular weight is 547 g/mol. The van der Waals surface area contributed by atoms with E-state index in [1.54, 1.807) is 13.4 Å². The molecule has 0 spiro atoms. The Balaban J connectivity index is 1.26. The fourth-order valence-corrected chi connectivity index (χ4v) is 4.96. The molecule has 1 aromatic heterocycles.